The Hall–Kier alpha value is -7.18. The molecule has 398 valence electrons. The maximum absolute atomic E-state index is 10.4. The number of furan rings is 1. The smallest absolute Gasteiger partial charge is 0.158 e. The molecule has 5 heterocycles. The van der Waals surface area contributed by atoms with Crippen molar-refractivity contribution in [2.45, 2.75) is 93.9 Å². The molecule has 0 aliphatic rings. The molecule has 77 heavy (non-hydrogen) atoms. The van der Waals surface area contributed by atoms with Crippen molar-refractivity contribution in [2.24, 2.45) is 0 Å². The first-order chi connectivity index (χ1) is 35.6. The number of fused-ring (bicyclic) bond motifs is 9. The van der Waals surface area contributed by atoms with Gasteiger partial charge in [0, 0.05) is 97.4 Å². The zero-order chi connectivity index (χ0) is 53.7. The van der Waals surface area contributed by atoms with E-state index in [1.54, 1.807) is 13.8 Å². The zero-order valence-corrected chi connectivity index (χ0v) is 49.9. The van der Waals surface area contributed by atoms with Crippen LogP contribution in [0.4, 0.5) is 0 Å². The predicted octanol–water partition coefficient (Wildman–Crippen LogP) is 16.9. The summed E-state index contributed by atoms with van der Waals surface area (Å²) in [6, 6.07) is 58.4. The summed E-state index contributed by atoms with van der Waals surface area (Å²) in [5.74, 6) is 0.0602. The summed E-state index contributed by atoms with van der Waals surface area (Å²) in [6.07, 6.45) is 0. The summed E-state index contributed by atoms with van der Waals surface area (Å²) in [5, 5.41) is 23.9. The summed E-state index contributed by atoms with van der Waals surface area (Å²) in [4.78, 5) is 31.6. The zero-order valence-electron chi connectivity index (χ0n) is 45.4. The Kier molecular flexibility index (Phi) is 17.0. The molecule has 2 N–H and O–H groups in total. The molecule has 0 saturated carbocycles. The first kappa shape index (κ1) is 57.5. The summed E-state index contributed by atoms with van der Waals surface area (Å²) in [7, 11) is 0. The van der Waals surface area contributed by atoms with Crippen LogP contribution in [0.15, 0.2) is 173 Å². The van der Waals surface area contributed by atoms with Gasteiger partial charge in [-0.2, -0.15) is 0 Å². The number of carbonyl (C=O) groups excluding carboxylic acids is 2. The van der Waals surface area contributed by atoms with Crippen LogP contribution in [-0.2, 0) is 62.5 Å². The van der Waals surface area contributed by atoms with Crippen molar-refractivity contribution in [1.29, 1.82) is 0 Å². The van der Waals surface area contributed by atoms with Crippen molar-refractivity contribution < 1.29 is 66.3 Å². The normalized spacial score (nSPS) is 12.3. The molecule has 0 amide bonds. The number of aliphatic hydroxyl groups excluding tert-OH is 2. The maximum Gasteiger partial charge on any atom is 0.158 e. The van der Waals surface area contributed by atoms with Crippen molar-refractivity contribution in [2.75, 3.05) is 0 Å². The van der Waals surface area contributed by atoms with Crippen molar-refractivity contribution in [1.82, 2.24) is 19.1 Å². The molecular formula is C66H62N4O5Pt2-2. The van der Waals surface area contributed by atoms with Crippen LogP contribution < -0.4 is 0 Å². The Labute approximate surface area is 478 Å². The Morgan fingerprint density at radius 2 is 0.831 bits per heavy atom. The molecule has 11 heteroatoms. The van der Waals surface area contributed by atoms with Crippen LogP contribution in [0.1, 0.15) is 94.2 Å². The van der Waals surface area contributed by atoms with Gasteiger partial charge in [-0.1, -0.05) is 136 Å². The van der Waals surface area contributed by atoms with Crippen LogP contribution in [0, 0.1) is 12.1 Å². The van der Waals surface area contributed by atoms with Gasteiger partial charge in [0.05, 0.1) is 22.6 Å². The van der Waals surface area contributed by atoms with E-state index >= 15 is 0 Å². The number of nitrogens with zero attached hydrogens (tertiary/aromatic N) is 4. The van der Waals surface area contributed by atoms with Gasteiger partial charge >= 0.3 is 0 Å². The predicted molar refractivity (Wildman–Crippen MR) is 307 cm³/mol. The molecule has 0 unspecified atom stereocenters. The van der Waals surface area contributed by atoms with Gasteiger partial charge in [0.1, 0.15) is 11.3 Å². The minimum absolute atomic E-state index is 0. The molecule has 6 aromatic carbocycles. The molecule has 0 spiro atoms. The van der Waals surface area contributed by atoms with Gasteiger partial charge in [0.2, 0.25) is 0 Å². The maximum atomic E-state index is 10.4. The Morgan fingerprint density at radius 3 is 1.14 bits per heavy atom. The fourth-order valence-corrected chi connectivity index (χ4v) is 9.26. The SMILES string of the molecule is CC(=O)/C(C)=C(/C)O.CC(=O)/C(C)=C(/C)O.CC(C)(C)c1ccc2c(c1)c1ccc(-c3[c-]ccc4c3oc3c(-c5ccc6c7cc(C(C)(C)C)ccc7n(-c7ccccc7)c6n5)[c-]ccc34)nc1n2-c1ccccc1.[Pt].[Pt]. The molecule has 11 rings (SSSR count). The molecule has 0 atom stereocenters. The molecule has 11 aromatic rings. The number of rotatable bonds is 6. The third-order valence-electron chi connectivity index (χ3n) is 14.0. The van der Waals surface area contributed by atoms with Gasteiger partial charge in [-0.15, -0.1) is 36.4 Å². The molecule has 0 aliphatic heterocycles. The average molecular weight is 1380 g/mol. The number of aromatic nitrogens is 4. The molecule has 0 fully saturated rings. The first-order valence-corrected chi connectivity index (χ1v) is 25.2. The Morgan fingerprint density at radius 1 is 0.468 bits per heavy atom. The number of aliphatic hydroxyl groups is 2. The number of para-hydroxylation sites is 2. The van der Waals surface area contributed by atoms with Crippen LogP contribution >= 0.6 is 0 Å². The molecular weight excluding hydrogens is 1320 g/mol. The second-order valence-electron chi connectivity index (χ2n) is 21.3. The average Bonchev–Trinajstić information content (AvgIpc) is 4.05. The van der Waals surface area contributed by atoms with E-state index in [0.717, 1.165) is 88.9 Å². The first-order valence-electron chi connectivity index (χ1n) is 25.2. The van der Waals surface area contributed by atoms with Gasteiger partial charge in [-0.3, -0.25) is 28.7 Å². The largest absolute Gasteiger partial charge is 0.545 e. The Bertz CT molecular complexity index is 3820. The van der Waals surface area contributed by atoms with E-state index in [9.17, 15) is 9.59 Å². The number of allylic oxidation sites excluding steroid dienone is 4. The van der Waals surface area contributed by atoms with Crippen LogP contribution in [0.25, 0.3) is 99.7 Å². The minimum Gasteiger partial charge on any atom is -0.545 e. The van der Waals surface area contributed by atoms with E-state index in [2.05, 4.69) is 196 Å². The molecule has 0 bridgehead atoms. The van der Waals surface area contributed by atoms with Gasteiger partial charge < -0.3 is 14.6 Å². The van der Waals surface area contributed by atoms with Gasteiger partial charge in [0.25, 0.3) is 0 Å². The number of pyridine rings is 2. The van der Waals surface area contributed by atoms with Gasteiger partial charge in [0.15, 0.2) is 11.6 Å². The molecule has 9 nitrogen and oxygen atoms in total. The van der Waals surface area contributed by atoms with Crippen molar-refractivity contribution in [3.05, 3.63) is 192 Å². The van der Waals surface area contributed by atoms with Crippen LogP contribution in [0.2, 0.25) is 0 Å². The second-order valence-corrected chi connectivity index (χ2v) is 21.3. The van der Waals surface area contributed by atoms with E-state index in [4.69, 9.17) is 24.6 Å². The Balaban J connectivity index is 0.000000419. The summed E-state index contributed by atoms with van der Waals surface area (Å²) < 4.78 is 11.5. The third kappa shape index (κ3) is 11.3. The summed E-state index contributed by atoms with van der Waals surface area (Å²) >= 11 is 0. The van der Waals surface area contributed by atoms with Crippen molar-refractivity contribution >= 4 is 77.4 Å². The van der Waals surface area contributed by atoms with Crippen LogP contribution in [-0.4, -0.2) is 40.9 Å². The number of hydrogen-bond donors (Lipinski definition) is 2. The second kappa shape index (κ2) is 22.8. The molecule has 0 saturated heterocycles. The van der Waals surface area contributed by atoms with E-state index in [1.807, 2.05) is 12.1 Å². The molecule has 5 aromatic heterocycles. The summed E-state index contributed by atoms with van der Waals surface area (Å²) in [5.41, 5.74) is 14.4. The van der Waals surface area contributed by atoms with E-state index in [-0.39, 0.29) is 76.0 Å². The fourth-order valence-electron chi connectivity index (χ4n) is 9.26. The van der Waals surface area contributed by atoms with Crippen LogP contribution in [0.5, 0.6) is 0 Å². The number of Topliss-reactive ketones (excluding diaryl/α,β-unsaturated/α-hetero) is 2. The van der Waals surface area contributed by atoms with E-state index in [1.165, 1.54) is 49.6 Å². The van der Waals surface area contributed by atoms with E-state index < -0.39 is 0 Å². The number of hydrogen-bond acceptors (Lipinski definition) is 7. The standard InChI is InChI=1S/C54H42N4O.2C6H10O2.2Pt/c1-53(2,3)33-23-29-47-43(31-33)39-25-27-45(55-51(39)57(47)35-15-9-7-10-16-35)41-21-13-19-37-38-20-14-22-42(50(38)59-49(37)41)46-28-26-40-44-32-34(54(4,5)6)24-30-48(44)58(52(40)56-46)36-17-11-8-12-18-36;2*1-4(5(2)7)6(3)8;;/h7-20,23-32H,1-6H3;2*7H,1-3H3;;/q-2;;;;/b;2*5-4-;;. The topological polar surface area (TPSA) is 123 Å². The van der Waals surface area contributed by atoms with E-state index in [0.29, 0.717) is 11.1 Å². The minimum atomic E-state index is -0.0787. The third-order valence-corrected chi connectivity index (χ3v) is 14.0. The van der Waals surface area contributed by atoms with Crippen molar-refractivity contribution in [3.8, 4) is 33.9 Å². The monoisotopic (exact) mass is 1380 g/mol. The number of ketones is 2. The van der Waals surface area contributed by atoms with Crippen LogP contribution in [0.3, 0.4) is 0 Å². The molecule has 0 aliphatic carbocycles. The summed E-state index contributed by atoms with van der Waals surface area (Å²) in [6.45, 7) is 22.6. The van der Waals surface area contributed by atoms with Gasteiger partial charge in [-0.05, 0) is 123 Å². The molecule has 0 radical (unpaired) electrons. The quantitative estimate of drug-likeness (QED) is 0.0965. The van der Waals surface area contributed by atoms with Crippen molar-refractivity contribution in [3.63, 3.8) is 0 Å². The fraction of sp³-hybridized carbons (Fsp3) is 0.212. The number of carbonyl (C=O) groups is 2. The van der Waals surface area contributed by atoms with Gasteiger partial charge in [-0.25, -0.2) is 0 Å². The number of benzene rings is 6.